The average molecular weight is 505 g/mol. The molecule has 1 aliphatic rings. The van der Waals surface area contributed by atoms with E-state index in [1.165, 1.54) is 30.0 Å². The number of methoxy groups -OCH3 is 1. The lowest BCUT2D eigenvalue weighted by molar-refractivity contribution is -0.116. The maximum absolute atomic E-state index is 12.2. The second-order valence-electron chi connectivity index (χ2n) is 6.98. The number of nitrogens with zero attached hydrogens (tertiary/aromatic N) is 1. The average Bonchev–Trinajstić information content (AvgIpc) is 3.26. The van der Waals surface area contributed by atoms with Crippen molar-refractivity contribution in [3.63, 3.8) is 0 Å². The Labute approximate surface area is 200 Å². The minimum Gasteiger partial charge on any atom is -0.394 e. The number of carbonyl (C=O) groups is 1. The zero-order chi connectivity index (χ0) is 25.9. The Balaban J connectivity index is 0.00000201. The van der Waals surface area contributed by atoms with E-state index < -0.39 is 32.3 Å². The molecular formula is C21H37N4O8P. The molecule has 6 N–H and O–H groups in total. The second-order valence-corrected chi connectivity index (χ2v) is 7.14. The number of ether oxygens (including phenoxy) is 2. The Bertz CT molecular complexity index is 846. The van der Waals surface area contributed by atoms with Gasteiger partial charge in [-0.15, -0.1) is 0 Å². The number of nitrogens with two attached hydrogens (primary N) is 1. The molecule has 0 saturated carbocycles. The van der Waals surface area contributed by atoms with Crippen LogP contribution >= 0.6 is 8.69 Å². The first kappa shape index (κ1) is 31.8. The van der Waals surface area contributed by atoms with Crippen molar-refractivity contribution < 1.29 is 28.8 Å². The summed E-state index contributed by atoms with van der Waals surface area (Å²) in [6.07, 6.45) is 6.55. The maximum Gasteiger partial charge on any atom is 0.330 e. The van der Waals surface area contributed by atoms with Crippen molar-refractivity contribution in [3.8, 4) is 0 Å². The topological polar surface area (TPSA) is 186 Å². The van der Waals surface area contributed by atoms with Crippen LogP contribution in [0.3, 0.4) is 0 Å². The SMILES string of the molecule is CC.CO[C@@H]1C[C@H](n2cc(/C=C/C(=O)NCCCCCCN)c(=O)[nH]c2=O)OC1CO.O=PO. The molecule has 34 heavy (non-hydrogen) atoms. The van der Waals surface area contributed by atoms with Gasteiger partial charge in [0.1, 0.15) is 12.3 Å². The molecule has 1 unspecified atom stereocenters. The number of amides is 1. The molecule has 0 bridgehead atoms. The molecule has 1 aromatic heterocycles. The lowest BCUT2D eigenvalue weighted by Gasteiger charge is -2.15. The number of aliphatic hydroxyl groups excluding tert-OH is 1. The Morgan fingerprint density at radius 3 is 2.56 bits per heavy atom. The quantitative estimate of drug-likeness (QED) is 0.164. The normalized spacial score (nSPS) is 19.3. The number of aliphatic hydroxyl groups is 1. The van der Waals surface area contributed by atoms with Gasteiger partial charge in [-0.05, 0) is 25.5 Å². The summed E-state index contributed by atoms with van der Waals surface area (Å²) in [5.41, 5.74) is 4.35. The molecule has 0 radical (unpaired) electrons. The summed E-state index contributed by atoms with van der Waals surface area (Å²) in [6.45, 7) is 4.97. The zero-order valence-electron chi connectivity index (χ0n) is 19.9. The lowest BCUT2D eigenvalue weighted by atomic mass is 10.2. The number of carbonyl (C=O) groups excluding carboxylic acids is 1. The fourth-order valence-corrected chi connectivity index (χ4v) is 3.18. The molecule has 2 heterocycles. The molecule has 2 rings (SSSR count). The van der Waals surface area contributed by atoms with E-state index in [0.29, 0.717) is 19.5 Å². The standard InChI is InChI=1S/C19H30N4O6.C2H6.HO2P/c1-28-14-10-17(29-15(14)12-24)23-11-13(18(26)22-19(23)27)6-7-16(25)21-9-5-3-2-4-8-20;1-2;1-3-2/h6-7,11,14-15,17,24H,2-5,8-10,12,20H2,1H3,(H,21,25)(H,22,26,27);1-2H3;(H,1,2)/b7-6+;;/t14-,15?,17-;;/m1../s1. The van der Waals surface area contributed by atoms with Crippen molar-refractivity contribution in [2.24, 2.45) is 5.73 Å². The molecule has 0 aliphatic carbocycles. The van der Waals surface area contributed by atoms with Crippen molar-refractivity contribution >= 4 is 20.7 Å². The highest BCUT2D eigenvalue weighted by Crippen LogP contribution is 2.29. The van der Waals surface area contributed by atoms with Crippen molar-refractivity contribution in [2.75, 3.05) is 26.8 Å². The van der Waals surface area contributed by atoms with Gasteiger partial charge in [-0.2, -0.15) is 0 Å². The van der Waals surface area contributed by atoms with Crippen LogP contribution < -0.4 is 22.3 Å². The van der Waals surface area contributed by atoms with Crippen LogP contribution in [0.4, 0.5) is 0 Å². The molecule has 194 valence electrons. The number of H-pyrrole nitrogens is 1. The van der Waals surface area contributed by atoms with Crippen molar-refractivity contribution in [1.82, 2.24) is 14.9 Å². The summed E-state index contributed by atoms with van der Waals surface area (Å²) < 4.78 is 20.6. The Hall–Kier alpha value is -2.21. The Kier molecular flexibility index (Phi) is 17.9. The van der Waals surface area contributed by atoms with Crippen LogP contribution in [0.1, 0.15) is 57.7 Å². The van der Waals surface area contributed by atoms with E-state index in [2.05, 4.69) is 10.3 Å². The zero-order valence-corrected chi connectivity index (χ0v) is 20.8. The number of hydrogen-bond acceptors (Lipinski definition) is 8. The minimum atomic E-state index is -0.833. The predicted molar refractivity (Wildman–Crippen MR) is 128 cm³/mol. The third-order valence-electron chi connectivity index (χ3n) is 4.81. The smallest absolute Gasteiger partial charge is 0.330 e. The molecular weight excluding hydrogens is 467 g/mol. The Morgan fingerprint density at radius 2 is 2.00 bits per heavy atom. The number of aromatic amines is 1. The molecule has 1 fully saturated rings. The van der Waals surface area contributed by atoms with Crippen LogP contribution in [-0.4, -0.2) is 64.5 Å². The van der Waals surface area contributed by atoms with Gasteiger partial charge in [-0.25, -0.2) is 9.36 Å². The third-order valence-corrected chi connectivity index (χ3v) is 4.81. The summed E-state index contributed by atoms with van der Waals surface area (Å²) in [6, 6.07) is 0. The van der Waals surface area contributed by atoms with E-state index in [-0.39, 0.29) is 24.2 Å². The van der Waals surface area contributed by atoms with E-state index in [9.17, 15) is 19.5 Å². The highest BCUT2D eigenvalue weighted by molar-refractivity contribution is 7.16. The number of hydrogen-bond donors (Lipinski definition) is 5. The molecule has 1 amide bonds. The van der Waals surface area contributed by atoms with E-state index in [1.807, 2.05) is 13.8 Å². The maximum atomic E-state index is 12.2. The first-order valence-electron chi connectivity index (χ1n) is 11.2. The lowest BCUT2D eigenvalue weighted by Crippen LogP contribution is -2.33. The molecule has 1 aliphatic heterocycles. The molecule has 12 nitrogen and oxygen atoms in total. The van der Waals surface area contributed by atoms with Crippen LogP contribution in [0, 0.1) is 0 Å². The van der Waals surface area contributed by atoms with Gasteiger partial charge >= 0.3 is 14.4 Å². The molecule has 0 aromatic carbocycles. The van der Waals surface area contributed by atoms with Crippen LogP contribution in [0.25, 0.3) is 6.08 Å². The van der Waals surface area contributed by atoms with Gasteiger partial charge in [0.2, 0.25) is 5.91 Å². The van der Waals surface area contributed by atoms with Crippen LogP contribution in [0.2, 0.25) is 0 Å². The molecule has 3 atom stereocenters. The number of nitrogens with one attached hydrogen (secondary N) is 2. The summed E-state index contributed by atoms with van der Waals surface area (Å²) in [5.74, 6) is -0.321. The van der Waals surface area contributed by atoms with E-state index in [4.69, 9.17) is 24.7 Å². The van der Waals surface area contributed by atoms with Crippen molar-refractivity contribution in [3.05, 3.63) is 38.7 Å². The summed E-state index contributed by atoms with van der Waals surface area (Å²) in [5, 5.41) is 12.1. The fraction of sp³-hybridized carbons (Fsp3) is 0.667. The van der Waals surface area contributed by atoms with Gasteiger partial charge in [0.15, 0.2) is 0 Å². The van der Waals surface area contributed by atoms with Gasteiger partial charge in [0.05, 0.1) is 18.3 Å². The third kappa shape index (κ3) is 11.3. The first-order chi connectivity index (χ1) is 16.4. The van der Waals surface area contributed by atoms with Crippen LogP contribution in [-0.2, 0) is 18.8 Å². The first-order valence-corrected chi connectivity index (χ1v) is 12.0. The number of unbranched alkanes of at least 4 members (excludes halogenated alkanes) is 3. The van der Waals surface area contributed by atoms with Gasteiger partial charge < -0.3 is 30.5 Å². The van der Waals surface area contributed by atoms with E-state index >= 15 is 0 Å². The van der Waals surface area contributed by atoms with E-state index in [1.54, 1.807) is 0 Å². The molecule has 13 heteroatoms. The fourth-order valence-electron chi connectivity index (χ4n) is 3.18. The second kappa shape index (κ2) is 19.1. The van der Waals surface area contributed by atoms with E-state index in [0.717, 1.165) is 25.7 Å². The monoisotopic (exact) mass is 504 g/mol. The van der Waals surface area contributed by atoms with Crippen LogP contribution in [0.15, 0.2) is 21.9 Å². The highest BCUT2D eigenvalue weighted by Gasteiger charge is 2.36. The van der Waals surface area contributed by atoms with Gasteiger partial charge in [0, 0.05) is 32.3 Å². The molecule has 0 spiro atoms. The highest BCUT2D eigenvalue weighted by atomic mass is 31.1. The Morgan fingerprint density at radius 1 is 1.35 bits per heavy atom. The predicted octanol–water partition coefficient (Wildman–Crippen LogP) is 0.692. The largest absolute Gasteiger partial charge is 0.394 e. The van der Waals surface area contributed by atoms with Crippen molar-refractivity contribution in [1.29, 1.82) is 0 Å². The van der Waals surface area contributed by atoms with Gasteiger partial charge in [-0.3, -0.25) is 19.1 Å². The molecule has 1 saturated heterocycles. The number of aromatic nitrogens is 2. The van der Waals surface area contributed by atoms with Crippen molar-refractivity contribution in [2.45, 2.75) is 64.4 Å². The summed E-state index contributed by atoms with van der Waals surface area (Å²) in [7, 11) is 0.666. The summed E-state index contributed by atoms with van der Waals surface area (Å²) in [4.78, 5) is 45.4. The van der Waals surface area contributed by atoms with Gasteiger partial charge in [-0.1, -0.05) is 26.7 Å². The van der Waals surface area contributed by atoms with Gasteiger partial charge in [0.25, 0.3) is 5.56 Å². The minimum absolute atomic E-state index is 0.146. The number of rotatable bonds is 11. The molecule has 1 aromatic rings. The van der Waals surface area contributed by atoms with Crippen LogP contribution in [0.5, 0.6) is 0 Å². The summed E-state index contributed by atoms with van der Waals surface area (Å²) >= 11 is 0.